The lowest BCUT2D eigenvalue weighted by molar-refractivity contribution is -0.00411. The van der Waals surface area contributed by atoms with Gasteiger partial charge in [-0.25, -0.2) is 4.79 Å². The molecule has 2 rings (SSSR count). The fraction of sp³-hybridized carbons (Fsp3) is 0.538. The first kappa shape index (κ1) is 15.1. The fourth-order valence-corrected chi connectivity index (χ4v) is 2.44. The Hall–Kier alpha value is -2.31. The summed E-state index contributed by atoms with van der Waals surface area (Å²) in [6.07, 6.45) is 1.71. The minimum Gasteiger partial charge on any atom is -0.354 e. The molecule has 0 aromatic carbocycles. The number of ether oxygens (including phenoxy) is 1. The maximum absolute atomic E-state index is 12.0. The maximum atomic E-state index is 12.0. The van der Waals surface area contributed by atoms with Gasteiger partial charge in [0, 0.05) is 17.5 Å². The van der Waals surface area contributed by atoms with Crippen LogP contribution in [0, 0.1) is 0 Å². The minimum absolute atomic E-state index is 0.238. The monoisotopic (exact) mass is 291 g/mol. The Morgan fingerprint density at radius 3 is 2.95 bits per heavy atom. The van der Waals surface area contributed by atoms with Gasteiger partial charge in [0.1, 0.15) is 6.23 Å². The Labute approximate surface area is 120 Å². The SMILES string of the molecule is C=C(C)c1cn([C@H]2C[C@@H](N=[N+]=[N-])[C@@H](CC)O2)c(=O)[nH]c1=O. The molecule has 1 aliphatic rings. The Morgan fingerprint density at radius 2 is 2.38 bits per heavy atom. The van der Waals surface area contributed by atoms with Gasteiger partial charge >= 0.3 is 5.69 Å². The van der Waals surface area contributed by atoms with E-state index in [-0.39, 0.29) is 12.1 Å². The molecule has 1 fully saturated rings. The molecule has 1 saturated heterocycles. The number of nitrogens with one attached hydrogen (secondary N) is 1. The fourth-order valence-electron chi connectivity index (χ4n) is 2.44. The van der Waals surface area contributed by atoms with Crippen molar-refractivity contribution in [3.05, 3.63) is 49.6 Å². The molecule has 2 heterocycles. The van der Waals surface area contributed by atoms with E-state index in [1.807, 2.05) is 6.92 Å². The highest BCUT2D eigenvalue weighted by Gasteiger charge is 2.35. The number of hydrogen-bond donors (Lipinski definition) is 1. The van der Waals surface area contributed by atoms with Crippen molar-refractivity contribution in [2.24, 2.45) is 5.11 Å². The standard InChI is InChI=1S/C13H17N5O3/c1-4-10-9(16-17-14)5-11(21-10)18-6-8(7(2)3)12(19)15-13(18)20/h6,9-11H,2,4-5H2,1,3H3,(H,15,19,20)/t9-,10-,11-/m1/s1. The smallest absolute Gasteiger partial charge is 0.330 e. The first-order valence-electron chi connectivity index (χ1n) is 6.69. The molecule has 0 saturated carbocycles. The third kappa shape index (κ3) is 2.91. The third-order valence-electron chi connectivity index (χ3n) is 3.54. The molecule has 0 unspecified atom stereocenters. The molecule has 112 valence electrons. The van der Waals surface area contributed by atoms with Crippen LogP contribution in [0.4, 0.5) is 0 Å². The molecule has 21 heavy (non-hydrogen) atoms. The van der Waals surface area contributed by atoms with Crippen LogP contribution < -0.4 is 11.2 Å². The zero-order chi connectivity index (χ0) is 15.6. The average Bonchev–Trinajstić information content (AvgIpc) is 2.81. The molecule has 3 atom stereocenters. The lowest BCUT2D eigenvalue weighted by Crippen LogP contribution is -2.33. The van der Waals surface area contributed by atoms with Crippen molar-refractivity contribution in [3.8, 4) is 0 Å². The number of H-pyrrole nitrogens is 1. The lowest BCUT2D eigenvalue weighted by Gasteiger charge is -2.15. The first-order valence-corrected chi connectivity index (χ1v) is 6.69. The number of azide groups is 1. The van der Waals surface area contributed by atoms with E-state index < -0.39 is 17.5 Å². The van der Waals surface area contributed by atoms with E-state index in [4.69, 9.17) is 10.3 Å². The van der Waals surface area contributed by atoms with Gasteiger partial charge in [-0.3, -0.25) is 14.3 Å². The number of nitrogens with zero attached hydrogens (tertiary/aromatic N) is 4. The highest BCUT2D eigenvalue weighted by Crippen LogP contribution is 2.31. The molecule has 1 aromatic heterocycles. The van der Waals surface area contributed by atoms with Crippen LogP contribution in [0.5, 0.6) is 0 Å². The highest BCUT2D eigenvalue weighted by molar-refractivity contribution is 5.59. The van der Waals surface area contributed by atoms with E-state index >= 15 is 0 Å². The van der Waals surface area contributed by atoms with Crippen molar-refractivity contribution in [2.75, 3.05) is 0 Å². The first-order chi connectivity index (χ1) is 9.97. The molecule has 1 aliphatic heterocycles. The number of hydrogen-bond acceptors (Lipinski definition) is 4. The Bertz CT molecular complexity index is 713. The molecule has 0 aliphatic carbocycles. The zero-order valence-corrected chi connectivity index (χ0v) is 11.9. The lowest BCUT2D eigenvalue weighted by atomic mass is 10.1. The van der Waals surface area contributed by atoms with E-state index in [0.29, 0.717) is 24.0 Å². The molecule has 0 radical (unpaired) electrons. The van der Waals surface area contributed by atoms with E-state index in [0.717, 1.165) is 0 Å². The van der Waals surface area contributed by atoms with Crippen LogP contribution in [0.3, 0.4) is 0 Å². The average molecular weight is 291 g/mol. The second-order valence-electron chi connectivity index (χ2n) is 5.04. The van der Waals surface area contributed by atoms with Crippen LogP contribution in [-0.2, 0) is 4.74 Å². The summed E-state index contributed by atoms with van der Waals surface area (Å²) in [7, 11) is 0. The second kappa shape index (κ2) is 5.99. The molecular weight excluding hydrogens is 274 g/mol. The molecule has 8 heteroatoms. The van der Waals surface area contributed by atoms with Gasteiger partial charge in [0.2, 0.25) is 0 Å². The highest BCUT2D eigenvalue weighted by atomic mass is 16.5. The predicted molar refractivity (Wildman–Crippen MR) is 77.8 cm³/mol. The van der Waals surface area contributed by atoms with Crippen LogP contribution in [0.25, 0.3) is 16.0 Å². The molecule has 0 bridgehead atoms. The zero-order valence-electron chi connectivity index (χ0n) is 11.9. The number of aromatic amines is 1. The largest absolute Gasteiger partial charge is 0.354 e. The summed E-state index contributed by atoms with van der Waals surface area (Å²) in [6.45, 7) is 7.32. The third-order valence-corrected chi connectivity index (χ3v) is 3.54. The Morgan fingerprint density at radius 1 is 1.67 bits per heavy atom. The summed E-state index contributed by atoms with van der Waals surface area (Å²) < 4.78 is 7.08. The predicted octanol–water partition coefficient (Wildman–Crippen LogP) is 1.95. The van der Waals surface area contributed by atoms with Crippen LogP contribution in [0.1, 0.15) is 38.5 Å². The molecule has 8 nitrogen and oxygen atoms in total. The van der Waals surface area contributed by atoms with Gasteiger partial charge < -0.3 is 4.74 Å². The van der Waals surface area contributed by atoms with Crippen molar-refractivity contribution in [1.29, 1.82) is 0 Å². The summed E-state index contributed by atoms with van der Waals surface area (Å²) in [6, 6.07) is -0.322. The van der Waals surface area contributed by atoms with E-state index in [2.05, 4.69) is 21.6 Å². The van der Waals surface area contributed by atoms with Crippen molar-refractivity contribution < 1.29 is 4.74 Å². The Kier molecular flexibility index (Phi) is 4.30. The number of rotatable bonds is 4. The summed E-state index contributed by atoms with van der Waals surface area (Å²) in [4.78, 5) is 28.7. The minimum atomic E-state index is -0.562. The van der Waals surface area contributed by atoms with Gasteiger partial charge in [0.05, 0.1) is 17.7 Å². The molecule has 1 aromatic rings. The van der Waals surface area contributed by atoms with E-state index in [1.54, 1.807) is 6.92 Å². The quantitative estimate of drug-likeness (QED) is 0.519. The maximum Gasteiger partial charge on any atom is 0.330 e. The summed E-state index contributed by atoms with van der Waals surface area (Å²) in [5.74, 6) is 0. The van der Waals surface area contributed by atoms with E-state index in [1.165, 1.54) is 10.8 Å². The summed E-state index contributed by atoms with van der Waals surface area (Å²) >= 11 is 0. The van der Waals surface area contributed by atoms with Crippen molar-refractivity contribution in [2.45, 2.75) is 45.1 Å². The second-order valence-corrected chi connectivity index (χ2v) is 5.04. The van der Waals surface area contributed by atoms with Crippen LogP contribution in [0.2, 0.25) is 0 Å². The Balaban J connectivity index is 2.41. The van der Waals surface area contributed by atoms with Gasteiger partial charge in [-0.2, -0.15) is 0 Å². The van der Waals surface area contributed by atoms with Gasteiger partial charge in [0.15, 0.2) is 0 Å². The number of allylic oxidation sites excluding steroid dienone is 1. The normalized spacial score (nSPS) is 24.6. The summed E-state index contributed by atoms with van der Waals surface area (Å²) in [5, 5.41) is 3.71. The molecule has 0 amide bonds. The van der Waals surface area contributed by atoms with Crippen LogP contribution >= 0.6 is 0 Å². The van der Waals surface area contributed by atoms with Gasteiger partial charge in [-0.05, 0) is 24.4 Å². The van der Waals surface area contributed by atoms with Gasteiger partial charge in [-0.15, -0.1) is 0 Å². The topological polar surface area (TPSA) is 113 Å². The van der Waals surface area contributed by atoms with Crippen molar-refractivity contribution in [1.82, 2.24) is 9.55 Å². The van der Waals surface area contributed by atoms with Gasteiger partial charge in [-0.1, -0.05) is 18.6 Å². The number of aromatic nitrogens is 2. The van der Waals surface area contributed by atoms with Crippen LogP contribution in [0.15, 0.2) is 27.5 Å². The molecule has 1 N–H and O–H groups in total. The van der Waals surface area contributed by atoms with Gasteiger partial charge in [0.25, 0.3) is 5.56 Å². The van der Waals surface area contributed by atoms with E-state index in [9.17, 15) is 9.59 Å². The van der Waals surface area contributed by atoms with Crippen molar-refractivity contribution in [3.63, 3.8) is 0 Å². The molecular formula is C13H17N5O3. The van der Waals surface area contributed by atoms with Crippen LogP contribution in [-0.4, -0.2) is 21.7 Å². The summed E-state index contributed by atoms with van der Waals surface area (Å²) in [5.41, 5.74) is 8.45. The molecule has 0 spiro atoms. The van der Waals surface area contributed by atoms with Crippen molar-refractivity contribution >= 4 is 5.57 Å².